The quantitative estimate of drug-likeness (QED) is 0.460. The second kappa shape index (κ2) is 5.30. The Hall–Kier alpha value is -2.19. The molecule has 0 fully saturated rings. The number of fused-ring (bicyclic) bond motifs is 3. The number of aromatic amines is 1. The standard InChI is InChI=1S/C16H9N3O.W/c20-16-15-14(12-8-4-5-9-13(12)18-15)17-10-19(16)11-6-2-1-3-7-11;/h1-6,8-9,18H;/q-2;+2. The van der Waals surface area contributed by atoms with Crippen molar-refractivity contribution in [3.8, 4) is 5.69 Å². The van der Waals surface area contributed by atoms with E-state index in [1.54, 1.807) is 12.1 Å². The Morgan fingerprint density at radius 2 is 1.90 bits per heavy atom. The van der Waals surface area contributed by atoms with E-state index in [-0.39, 0.29) is 26.6 Å². The monoisotopic (exact) mass is 443 g/mol. The molecule has 0 aliphatic carbocycles. The van der Waals surface area contributed by atoms with Gasteiger partial charge in [-0.05, 0) is 11.5 Å². The van der Waals surface area contributed by atoms with Crippen molar-refractivity contribution in [1.29, 1.82) is 0 Å². The van der Waals surface area contributed by atoms with Crippen LogP contribution in [0.15, 0.2) is 53.3 Å². The van der Waals surface area contributed by atoms with Crippen LogP contribution in [-0.4, -0.2) is 14.5 Å². The Morgan fingerprint density at radius 3 is 2.71 bits per heavy atom. The Kier molecular flexibility index (Phi) is 3.48. The normalized spacial score (nSPS) is 10.7. The van der Waals surface area contributed by atoms with Crippen molar-refractivity contribution >= 4 is 21.9 Å². The van der Waals surface area contributed by atoms with Crippen LogP contribution >= 0.6 is 0 Å². The van der Waals surface area contributed by atoms with E-state index >= 15 is 0 Å². The van der Waals surface area contributed by atoms with Crippen LogP contribution in [0.25, 0.3) is 27.6 Å². The van der Waals surface area contributed by atoms with Gasteiger partial charge < -0.3 is 19.3 Å². The largest absolute Gasteiger partial charge is 2.00 e. The molecule has 21 heavy (non-hydrogen) atoms. The number of rotatable bonds is 1. The number of aromatic nitrogens is 3. The van der Waals surface area contributed by atoms with Crippen LogP contribution in [0.4, 0.5) is 0 Å². The van der Waals surface area contributed by atoms with Crippen LogP contribution in [-0.2, 0) is 21.1 Å². The molecule has 1 N–H and O–H groups in total. The van der Waals surface area contributed by atoms with E-state index in [0.717, 1.165) is 10.9 Å². The number of para-hydroxylation sites is 2. The average molecular weight is 443 g/mol. The zero-order valence-electron chi connectivity index (χ0n) is 10.8. The van der Waals surface area contributed by atoms with Crippen molar-refractivity contribution in [2.24, 2.45) is 0 Å². The van der Waals surface area contributed by atoms with Gasteiger partial charge in [0.05, 0.1) is 0 Å². The number of hydrogen-bond donors (Lipinski definition) is 1. The van der Waals surface area contributed by atoms with E-state index in [4.69, 9.17) is 0 Å². The van der Waals surface area contributed by atoms with E-state index < -0.39 is 0 Å². The second-order valence-electron chi connectivity index (χ2n) is 4.49. The van der Waals surface area contributed by atoms with Crippen molar-refractivity contribution in [1.82, 2.24) is 14.5 Å². The molecule has 2 aromatic carbocycles. The average Bonchev–Trinajstić information content (AvgIpc) is 2.88. The van der Waals surface area contributed by atoms with Gasteiger partial charge in [0.25, 0.3) is 0 Å². The van der Waals surface area contributed by atoms with Gasteiger partial charge in [0, 0.05) is 22.9 Å². The summed E-state index contributed by atoms with van der Waals surface area (Å²) in [5.74, 6) is 0. The van der Waals surface area contributed by atoms with Crippen molar-refractivity contribution in [2.45, 2.75) is 0 Å². The molecule has 0 spiro atoms. The van der Waals surface area contributed by atoms with E-state index in [2.05, 4.69) is 22.4 Å². The van der Waals surface area contributed by atoms with Crippen LogP contribution in [0.1, 0.15) is 0 Å². The number of H-pyrrole nitrogens is 1. The van der Waals surface area contributed by atoms with Crippen molar-refractivity contribution < 1.29 is 21.1 Å². The van der Waals surface area contributed by atoms with Crippen LogP contribution in [0.2, 0.25) is 0 Å². The molecule has 0 unspecified atom stereocenters. The zero-order valence-corrected chi connectivity index (χ0v) is 13.8. The van der Waals surface area contributed by atoms with Crippen LogP contribution < -0.4 is 5.56 Å². The maximum atomic E-state index is 12.5. The molecule has 0 amide bonds. The predicted octanol–water partition coefficient (Wildman–Crippen LogP) is 2.46. The van der Waals surface area contributed by atoms with E-state index in [9.17, 15) is 4.79 Å². The molecule has 2 aromatic heterocycles. The number of nitrogens with zero attached hydrogens (tertiary/aromatic N) is 2. The van der Waals surface area contributed by atoms with Crippen molar-refractivity contribution in [2.75, 3.05) is 0 Å². The summed E-state index contributed by atoms with van der Waals surface area (Å²) in [7, 11) is 0. The number of benzene rings is 2. The summed E-state index contributed by atoms with van der Waals surface area (Å²) in [5.41, 5.74) is 2.49. The first-order chi connectivity index (χ1) is 9.84. The molecule has 0 aliphatic heterocycles. The molecule has 4 nitrogen and oxygen atoms in total. The first-order valence-corrected chi connectivity index (χ1v) is 6.23. The smallest absolute Gasteiger partial charge is 0.409 e. The number of hydrogen-bond acceptors (Lipinski definition) is 2. The fraction of sp³-hybridized carbons (Fsp3) is 0. The summed E-state index contributed by atoms with van der Waals surface area (Å²) in [6.45, 7) is 0. The summed E-state index contributed by atoms with van der Waals surface area (Å²) in [6, 6.07) is 18.0. The van der Waals surface area contributed by atoms with E-state index in [1.165, 1.54) is 4.57 Å². The fourth-order valence-corrected chi connectivity index (χ4v) is 2.34. The van der Waals surface area contributed by atoms with Crippen LogP contribution in [0, 0.1) is 12.4 Å². The molecule has 4 rings (SSSR count). The molecule has 0 bridgehead atoms. The Bertz CT molecular complexity index is 973. The summed E-state index contributed by atoms with van der Waals surface area (Å²) in [4.78, 5) is 20.0. The van der Waals surface area contributed by atoms with Gasteiger partial charge in [-0.15, -0.1) is 5.69 Å². The van der Waals surface area contributed by atoms with Crippen LogP contribution in [0.3, 0.4) is 0 Å². The summed E-state index contributed by atoms with van der Waals surface area (Å²) >= 11 is 0. The van der Waals surface area contributed by atoms with E-state index in [0.29, 0.717) is 16.7 Å². The molecule has 0 saturated carbocycles. The molecular formula is C16H9N3OW. The fourth-order valence-electron chi connectivity index (χ4n) is 2.34. The Labute approximate surface area is 134 Å². The molecule has 0 atom stereocenters. The SMILES string of the molecule is O=c1c2[nH]c3ccccc3c2n[c-]n1-c1[c-]cccc1.[W+2]. The minimum Gasteiger partial charge on any atom is -0.409 e. The van der Waals surface area contributed by atoms with Gasteiger partial charge in [0.2, 0.25) is 0 Å². The summed E-state index contributed by atoms with van der Waals surface area (Å²) in [6.07, 6.45) is 2.78. The van der Waals surface area contributed by atoms with Crippen molar-refractivity contribution in [3.05, 3.63) is 71.3 Å². The third kappa shape index (κ3) is 2.12. The first-order valence-electron chi connectivity index (χ1n) is 6.23. The van der Waals surface area contributed by atoms with Gasteiger partial charge in [-0.2, -0.15) is 24.3 Å². The maximum Gasteiger partial charge on any atom is 2.00 e. The molecule has 5 heteroatoms. The zero-order chi connectivity index (χ0) is 13.5. The Morgan fingerprint density at radius 1 is 1.10 bits per heavy atom. The van der Waals surface area contributed by atoms with Gasteiger partial charge >= 0.3 is 21.1 Å². The maximum absolute atomic E-state index is 12.5. The topological polar surface area (TPSA) is 50.7 Å². The number of nitrogens with one attached hydrogen (secondary N) is 1. The molecule has 0 aliphatic rings. The second-order valence-corrected chi connectivity index (χ2v) is 4.49. The minimum absolute atomic E-state index is 0. The van der Waals surface area contributed by atoms with Gasteiger partial charge in [0.1, 0.15) is 0 Å². The predicted molar refractivity (Wildman–Crippen MR) is 76.9 cm³/mol. The Balaban J connectivity index is 0.00000132. The van der Waals surface area contributed by atoms with Crippen LogP contribution in [0.5, 0.6) is 0 Å². The van der Waals surface area contributed by atoms with Gasteiger partial charge in [0.15, 0.2) is 5.56 Å². The first kappa shape index (κ1) is 13.8. The molecule has 0 saturated heterocycles. The molecule has 2 heterocycles. The van der Waals surface area contributed by atoms with Gasteiger partial charge in [-0.1, -0.05) is 18.2 Å². The molecule has 0 radical (unpaired) electrons. The molecule has 100 valence electrons. The van der Waals surface area contributed by atoms with E-state index in [1.807, 2.05) is 36.4 Å². The van der Waals surface area contributed by atoms with Crippen molar-refractivity contribution in [3.63, 3.8) is 0 Å². The van der Waals surface area contributed by atoms with Gasteiger partial charge in [-0.3, -0.25) is 0 Å². The van der Waals surface area contributed by atoms with Gasteiger partial charge in [-0.25, -0.2) is 6.07 Å². The third-order valence-electron chi connectivity index (χ3n) is 3.29. The molecular weight excluding hydrogens is 434 g/mol. The summed E-state index contributed by atoms with van der Waals surface area (Å²) in [5, 5.41) is 0.931. The minimum atomic E-state index is -0.173. The third-order valence-corrected chi connectivity index (χ3v) is 3.29. The molecule has 4 aromatic rings. The summed E-state index contributed by atoms with van der Waals surface area (Å²) < 4.78 is 1.37.